The Kier molecular flexibility index (Phi) is 6.07. The summed E-state index contributed by atoms with van der Waals surface area (Å²) in [6.45, 7) is 6.98. The molecule has 0 saturated carbocycles. The summed E-state index contributed by atoms with van der Waals surface area (Å²) in [6.07, 6.45) is 2.86. The predicted octanol–water partition coefficient (Wildman–Crippen LogP) is 0.594. The van der Waals surface area contributed by atoms with Gasteiger partial charge in [-0.3, -0.25) is 9.69 Å². The maximum absolute atomic E-state index is 12.1. The topological polar surface area (TPSA) is 42.0 Å². The fourth-order valence-corrected chi connectivity index (χ4v) is 2.61. The van der Waals surface area contributed by atoms with Crippen LogP contribution in [0.5, 0.6) is 0 Å². The van der Waals surface area contributed by atoms with Crippen LogP contribution in [0, 0.1) is 5.92 Å². The summed E-state index contributed by atoms with van der Waals surface area (Å²) in [6, 6.07) is 0. The van der Waals surface area contributed by atoms with Crippen LogP contribution in [-0.4, -0.2) is 75.4 Å². The van der Waals surface area contributed by atoms with Crippen LogP contribution in [0.3, 0.4) is 0 Å². The zero-order valence-corrected chi connectivity index (χ0v) is 12.0. The van der Waals surface area contributed by atoms with Crippen LogP contribution >= 0.6 is 0 Å². The van der Waals surface area contributed by atoms with Crippen LogP contribution in [0.15, 0.2) is 0 Å². The molecule has 1 atom stereocenters. The Morgan fingerprint density at radius 1 is 1.26 bits per heavy atom. The minimum atomic E-state index is 0.253. The van der Waals surface area contributed by atoms with Crippen LogP contribution in [0.2, 0.25) is 0 Å². The largest absolute Gasteiger partial charge is 0.381 e. The first kappa shape index (κ1) is 14.8. The van der Waals surface area contributed by atoms with E-state index in [1.165, 1.54) is 0 Å². The molecule has 0 unspecified atom stereocenters. The van der Waals surface area contributed by atoms with Gasteiger partial charge in [0, 0.05) is 52.9 Å². The summed E-state index contributed by atoms with van der Waals surface area (Å²) in [5.74, 6) is 0.677. The van der Waals surface area contributed by atoms with E-state index in [1.807, 2.05) is 11.9 Å². The lowest BCUT2D eigenvalue weighted by Crippen LogP contribution is -2.42. The predicted molar refractivity (Wildman–Crippen MR) is 73.1 cm³/mol. The lowest BCUT2D eigenvalue weighted by atomic mass is 9.98. The molecule has 0 aromatic carbocycles. The van der Waals surface area contributed by atoms with Gasteiger partial charge in [0.1, 0.15) is 0 Å². The van der Waals surface area contributed by atoms with Crippen molar-refractivity contribution in [1.29, 1.82) is 0 Å². The van der Waals surface area contributed by atoms with Crippen molar-refractivity contribution in [1.82, 2.24) is 9.80 Å². The molecule has 0 spiro atoms. The molecule has 2 aliphatic rings. The molecule has 0 radical (unpaired) electrons. The van der Waals surface area contributed by atoms with E-state index < -0.39 is 0 Å². The quantitative estimate of drug-likeness (QED) is 0.733. The lowest BCUT2D eigenvalue weighted by Gasteiger charge is -2.29. The molecule has 19 heavy (non-hydrogen) atoms. The molecule has 2 heterocycles. The molecule has 2 rings (SSSR count). The highest BCUT2D eigenvalue weighted by Crippen LogP contribution is 2.17. The van der Waals surface area contributed by atoms with Crippen LogP contribution in [0.25, 0.3) is 0 Å². The summed E-state index contributed by atoms with van der Waals surface area (Å²) < 4.78 is 10.7. The van der Waals surface area contributed by atoms with Gasteiger partial charge < -0.3 is 14.4 Å². The number of amides is 1. The van der Waals surface area contributed by atoms with Crippen molar-refractivity contribution in [3.63, 3.8) is 0 Å². The maximum Gasteiger partial charge on any atom is 0.222 e. The Hall–Kier alpha value is -0.650. The van der Waals surface area contributed by atoms with E-state index in [9.17, 15) is 4.79 Å². The first-order chi connectivity index (χ1) is 9.25. The van der Waals surface area contributed by atoms with Gasteiger partial charge in [0.15, 0.2) is 0 Å². The van der Waals surface area contributed by atoms with Gasteiger partial charge in [-0.05, 0) is 18.8 Å². The van der Waals surface area contributed by atoms with Gasteiger partial charge in [-0.25, -0.2) is 0 Å². The number of nitrogens with zero attached hydrogens (tertiary/aromatic N) is 2. The maximum atomic E-state index is 12.1. The fraction of sp³-hybridized carbons (Fsp3) is 0.929. The molecule has 0 N–H and O–H groups in total. The van der Waals surface area contributed by atoms with Crippen molar-refractivity contribution in [2.75, 3.05) is 59.7 Å². The molecule has 5 heteroatoms. The van der Waals surface area contributed by atoms with Crippen LogP contribution in [0.1, 0.15) is 19.3 Å². The Balaban J connectivity index is 1.63. The first-order valence-electron chi connectivity index (χ1n) is 7.37. The van der Waals surface area contributed by atoms with Gasteiger partial charge in [0.25, 0.3) is 0 Å². The van der Waals surface area contributed by atoms with Crippen molar-refractivity contribution in [2.45, 2.75) is 19.3 Å². The fourth-order valence-electron chi connectivity index (χ4n) is 2.61. The van der Waals surface area contributed by atoms with Crippen LogP contribution in [-0.2, 0) is 14.3 Å². The van der Waals surface area contributed by atoms with Crippen molar-refractivity contribution in [3.05, 3.63) is 0 Å². The van der Waals surface area contributed by atoms with Gasteiger partial charge in [-0.15, -0.1) is 0 Å². The first-order valence-corrected chi connectivity index (χ1v) is 7.37. The SMILES string of the molecule is CN(CCN1CCOCC1)C(=O)C[C@H]1CCCOC1. The van der Waals surface area contributed by atoms with Crippen LogP contribution in [0.4, 0.5) is 0 Å². The summed E-state index contributed by atoms with van der Waals surface area (Å²) in [5.41, 5.74) is 0. The van der Waals surface area contributed by atoms with E-state index in [2.05, 4.69) is 4.90 Å². The Morgan fingerprint density at radius 2 is 2.05 bits per heavy atom. The van der Waals surface area contributed by atoms with Crippen molar-refractivity contribution >= 4 is 5.91 Å². The molecular formula is C14H26N2O3. The number of morpholine rings is 1. The molecular weight excluding hydrogens is 244 g/mol. The number of rotatable bonds is 5. The van der Waals surface area contributed by atoms with Crippen LogP contribution < -0.4 is 0 Å². The number of hydrogen-bond acceptors (Lipinski definition) is 4. The second-order valence-corrected chi connectivity index (χ2v) is 5.56. The van der Waals surface area contributed by atoms with Gasteiger partial charge in [-0.2, -0.15) is 0 Å². The average Bonchev–Trinajstić information content (AvgIpc) is 2.47. The number of ether oxygens (including phenoxy) is 2. The zero-order valence-electron chi connectivity index (χ0n) is 12.0. The summed E-state index contributed by atoms with van der Waals surface area (Å²) >= 11 is 0. The van der Waals surface area contributed by atoms with E-state index in [-0.39, 0.29) is 5.91 Å². The highest BCUT2D eigenvalue weighted by molar-refractivity contribution is 5.76. The standard InChI is InChI=1S/C14H26N2O3/c1-15(4-5-16-6-9-18-10-7-16)14(17)11-13-3-2-8-19-12-13/h13H,2-12H2,1H3/t13-/m1/s1. The Morgan fingerprint density at radius 3 is 2.74 bits per heavy atom. The zero-order chi connectivity index (χ0) is 13.5. The third-order valence-electron chi connectivity index (χ3n) is 4.00. The third kappa shape index (κ3) is 5.09. The van der Waals surface area contributed by atoms with Gasteiger partial charge >= 0.3 is 0 Å². The second kappa shape index (κ2) is 7.82. The number of carbonyl (C=O) groups excluding carboxylic acids is 1. The summed E-state index contributed by atoms with van der Waals surface area (Å²) in [4.78, 5) is 16.3. The third-order valence-corrected chi connectivity index (χ3v) is 4.00. The molecule has 1 amide bonds. The summed E-state index contributed by atoms with van der Waals surface area (Å²) in [7, 11) is 1.91. The molecule has 5 nitrogen and oxygen atoms in total. The summed E-state index contributed by atoms with van der Waals surface area (Å²) in [5, 5.41) is 0. The van der Waals surface area contributed by atoms with Gasteiger partial charge in [-0.1, -0.05) is 0 Å². The molecule has 2 aliphatic heterocycles. The highest BCUT2D eigenvalue weighted by Gasteiger charge is 2.20. The number of likely N-dealkylation sites (N-methyl/N-ethyl adjacent to an activating group) is 1. The molecule has 0 bridgehead atoms. The number of carbonyl (C=O) groups is 1. The van der Waals surface area contributed by atoms with Crippen molar-refractivity contribution in [2.24, 2.45) is 5.92 Å². The van der Waals surface area contributed by atoms with Crippen molar-refractivity contribution in [3.8, 4) is 0 Å². The average molecular weight is 270 g/mol. The van der Waals surface area contributed by atoms with Gasteiger partial charge in [0.05, 0.1) is 13.2 Å². The minimum Gasteiger partial charge on any atom is -0.381 e. The highest BCUT2D eigenvalue weighted by atomic mass is 16.5. The van der Waals surface area contributed by atoms with E-state index >= 15 is 0 Å². The van der Waals surface area contributed by atoms with E-state index in [1.54, 1.807) is 0 Å². The molecule has 110 valence electrons. The Bertz CT molecular complexity index is 274. The van der Waals surface area contributed by atoms with E-state index in [4.69, 9.17) is 9.47 Å². The second-order valence-electron chi connectivity index (χ2n) is 5.56. The van der Waals surface area contributed by atoms with E-state index in [0.717, 1.165) is 65.4 Å². The normalized spacial score (nSPS) is 25.2. The molecule has 2 saturated heterocycles. The number of hydrogen-bond donors (Lipinski definition) is 0. The smallest absolute Gasteiger partial charge is 0.222 e. The van der Waals surface area contributed by atoms with E-state index in [0.29, 0.717) is 12.3 Å². The Labute approximate surface area is 115 Å². The molecule has 0 aromatic heterocycles. The van der Waals surface area contributed by atoms with Crippen molar-refractivity contribution < 1.29 is 14.3 Å². The lowest BCUT2D eigenvalue weighted by molar-refractivity contribution is -0.132. The van der Waals surface area contributed by atoms with Gasteiger partial charge in [0.2, 0.25) is 5.91 Å². The molecule has 2 fully saturated rings. The molecule has 0 aromatic rings. The molecule has 0 aliphatic carbocycles. The monoisotopic (exact) mass is 270 g/mol. The minimum absolute atomic E-state index is 0.253.